The van der Waals surface area contributed by atoms with E-state index in [-0.39, 0.29) is 6.09 Å². The molecule has 5 heteroatoms. The molecule has 2 aromatic rings. The van der Waals surface area contributed by atoms with Gasteiger partial charge in [0, 0.05) is 25.4 Å². The first kappa shape index (κ1) is 19.2. The lowest BCUT2D eigenvalue weighted by Crippen LogP contribution is -2.41. The van der Waals surface area contributed by atoms with Crippen molar-refractivity contribution < 1.29 is 14.3 Å². The molecule has 3 rings (SSSR count). The van der Waals surface area contributed by atoms with Crippen LogP contribution in [0.2, 0.25) is 0 Å². The number of likely N-dealkylation sites (tertiary alicyclic amines) is 1. The quantitative estimate of drug-likeness (QED) is 0.780. The molecule has 144 valence electrons. The highest BCUT2D eigenvalue weighted by Gasteiger charge is 2.27. The van der Waals surface area contributed by atoms with Crippen molar-refractivity contribution in [3.8, 4) is 5.88 Å². The predicted molar refractivity (Wildman–Crippen MR) is 105 cm³/mol. The van der Waals surface area contributed by atoms with E-state index in [1.165, 1.54) is 5.56 Å². The SMILES string of the molecule is CC(C)(C)OC(=O)N1CCC(c2ccc(OCc3ccccc3)nc2)CC1. The summed E-state index contributed by atoms with van der Waals surface area (Å²) in [6, 6.07) is 14.1. The van der Waals surface area contributed by atoms with Crippen LogP contribution in [0.3, 0.4) is 0 Å². The standard InChI is InChI=1S/C22H28N2O3/c1-22(2,3)27-21(25)24-13-11-18(12-14-24)19-9-10-20(23-15-19)26-16-17-7-5-4-6-8-17/h4-10,15,18H,11-14,16H2,1-3H3. The number of rotatable bonds is 4. The highest BCUT2D eigenvalue weighted by molar-refractivity contribution is 5.68. The molecule has 2 heterocycles. The number of carbonyl (C=O) groups excluding carboxylic acids is 1. The van der Waals surface area contributed by atoms with Crippen molar-refractivity contribution in [3.63, 3.8) is 0 Å². The molecule has 1 aliphatic rings. The van der Waals surface area contributed by atoms with E-state index in [9.17, 15) is 4.79 Å². The molecule has 0 bridgehead atoms. The van der Waals surface area contributed by atoms with E-state index in [1.807, 2.05) is 63.4 Å². The Labute approximate surface area is 161 Å². The minimum atomic E-state index is -0.451. The number of hydrogen-bond acceptors (Lipinski definition) is 4. The Bertz CT molecular complexity index is 730. The molecule has 0 spiro atoms. The maximum absolute atomic E-state index is 12.2. The minimum absolute atomic E-state index is 0.219. The topological polar surface area (TPSA) is 51.7 Å². The second kappa shape index (κ2) is 8.42. The van der Waals surface area contributed by atoms with Gasteiger partial charge in [0.05, 0.1) is 0 Å². The number of pyridine rings is 1. The summed E-state index contributed by atoms with van der Waals surface area (Å²) in [5.41, 5.74) is 1.87. The zero-order valence-electron chi connectivity index (χ0n) is 16.4. The number of amides is 1. The zero-order valence-corrected chi connectivity index (χ0v) is 16.4. The summed E-state index contributed by atoms with van der Waals surface area (Å²) in [4.78, 5) is 18.4. The summed E-state index contributed by atoms with van der Waals surface area (Å²) in [6.07, 6.45) is 3.52. The third kappa shape index (κ3) is 5.71. The molecule has 0 aliphatic carbocycles. The number of ether oxygens (including phenoxy) is 2. The van der Waals surface area contributed by atoms with Crippen molar-refractivity contribution in [3.05, 3.63) is 59.8 Å². The van der Waals surface area contributed by atoms with Crippen molar-refractivity contribution in [2.75, 3.05) is 13.1 Å². The van der Waals surface area contributed by atoms with Crippen molar-refractivity contribution in [2.24, 2.45) is 0 Å². The molecule has 1 aromatic carbocycles. The van der Waals surface area contributed by atoms with Crippen LogP contribution in [0.1, 0.15) is 50.7 Å². The average molecular weight is 368 g/mol. The summed E-state index contributed by atoms with van der Waals surface area (Å²) in [5, 5.41) is 0. The molecular formula is C22H28N2O3. The van der Waals surface area contributed by atoms with Crippen LogP contribution in [0.4, 0.5) is 4.79 Å². The summed E-state index contributed by atoms with van der Waals surface area (Å²) < 4.78 is 11.2. The van der Waals surface area contributed by atoms with Crippen molar-refractivity contribution >= 4 is 6.09 Å². The molecular weight excluding hydrogens is 340 g/mol. The van der Waals surface area contributed by atoms with Crippen molar-refractivity contribution in [2.45, 2.75) is 51.7 Å². The molecule has 1 aromatic heterocycles. The zero-order chi connectivity index (χ0) is 19.3. The van der Waals surface area contributed by atoms with Crippen LogP contribution in [0.15, 0.2) is 48.7 Å². The number of benzene rings is 1. The molecule has 1 amide bonds. The Morgan fingerprint density at radius 3 is 2.41 bits per heavy atom. The molecule has 0 saturated carbocycles. The number of carbonyl (C=O) groups is 1. The Morgan fingerprint density at radius 2 is 1.81 bits per heavy atom. The first-order valence-corrected chi connectivity index (χ1v) is 9.51. The fraction of sp³-hybridized carbons (Fsp3) is 0.455. The van der Waals surface area contributed by atoms with Crippen LogP contribution in [-0.4, -0.2) is 34.7 Å². The van der Waals surface area contributed by atoms with Gasteiger partial charge >= 0.3 is 6.09 Å². The van der Waals surface area contributed by atoms with Gasteiger partial charge in [-0.15, -0.1) is 0 Å². The van der Waals surface area contributed by atoms with E-state index in [2.05, 4.69) is 11.1 Å². The fourth-order valence-electron chi connectivity index (χ4n) is 3.17. The Kier molecular flexibility index (Phi) is 5.99. The lowest BCUT2D eigenvalue weighted by atomic mass is 9.91. The number of nitrogens with zero attached hydrogens (tertiary/aromatic N) is 2. The molecule has 1 aliphatic heterocycles. The van der Waals surface area contributed by atoms with Gasteiger partial charge in [0.15, 0.2) is 0 Å². The largest absolute Gasteiger partial charge is 0.473 e. The molecule has 27 heavy (non-hydrogen) atoms. The van der Waals surface area contributed by atoms with Gasteiger partial charge in [-0.1, -0.05) is 36.4 Å². The second-order valence-electron chi connectivity index (χ2n) is 7.95. The molecule has 1 saturated heterocycles. The van der Waals surface area contributed by atoms with Gasteiger partial charge < -0.3 is 14.4 Å². The predicted octanol–water partition coefficient (Wildman–Crippen LogP) is 4.78. The smallest absolute Gasteiger partial charge is 0.410 e. The van der Waals surface area contributed by atoms with Gasteiger partial charge in [0.1, 0.15) is 12.2 Å². The fourth-order valence-corrected chi connectivity index (χ4v) is 3.17. The van der Waals surface area contributed by atoms with E-state index < -0.39 is 5.60 Å². The number of piperidine rings is 1. The van der Waals surface area contributed by atoms with Gasteiger partial charge in [-0.25, -0.2) is 9.78 Å². The van der Waals surface area contributed by atoms with Gasteiger partial charge in [0.2, 0.25) is 5.88 Å². The van der Waals surface area contributed by atoms with E-state index in [4.69, 9.17) is 9.47 Å². The second-order valence-corrected chi connectivity index (χ2v) is 7.95. The first-order chi connectivity index (χ1) is 12.9. The monoisotopic (exact) mass is 368 g/mol. The molecule has 0 atom stereocenters. The lowest BCUT2D eigenvalue weighted by molar-refractivity contribution is 0.0205. The summed E-state index contributed by atoms with van der Waals surface area (Å²) in [5.74, 6) is 1.05. The van der Waals surface area contributed by atoms with Gasteiger partial charge in [-0.3, -0.25) is 0 Å². The van der Waals surface area contributed by atoms with Crippen molar-refractivity contribution in [1.82, 2.24) is 9.88 Å². The van der Waals surface area contributed by atoms with Gasteiger partial charge in [-0.05, 0) is 50.7 Å². The summed E-state index contributed by atoms with van der Waals surface area (Å²) in [6.45, 7) is 7.62. The first-order valence-electron chi connectivity index (χ1n) is 9.51. The van der Waals surface area contributed by atoms with Gasteiger partial charge in [-0.2, -0.15) is 0 Å². The third-order valence-electron chi connectivity index (χ3n) is 4.61. The molecule has 0 radical (unpaired) electrons. The molecule has 5 nitrogen and oxygen atoms in total. The minimum Gasteiger partial charge on any atom is -0.473 e. The highest BCUT2D eigenvalue weighted by atomic mass is 16.6. The normalized spacial score (nSPS) is 15.4. The van der Waals surface area contributed by atoms with Crippen LogP contribution < -0.4 is 4.74 Å². The average Bonchev–Trinajstić information content (AvgIpc) is 2.66. The van der Waals surface area contributed by atoms with E-state index in [1.54, 1.807) is 4.90 Å². The Balaban J connectivity index is 1.49. The summed E-state index contributed by atoms with van der Waals surface area (Å²) in [7, 11) is 0. The molecule has 0 N–H and O–H groups in total. The summed E-state index contributed by atoms with van der Waals surface area (Å²) >= 11 is 0. The van der Waals surface area contributed by atoms with Crippen molar-refractivity contribution in [1.29, 1.82) is 0 Å². The number of hydrogen-bond donors (Lipinski definition) is 0. The molecule has 0 unspecified atom stereocenters. The van der Waals surface area contributed by atoms with Crippen LogP contribution in [-0.2, 0) is 11.3 Å². The van der Waals surface area contributed by atoms with Crippen LogP contribution in [0, 0.1) is 0 Å². The number of aromatic nitrogens is 1. The Morgan fingerprint density at radius 1 is 1.11 bits per heavy atom. The molecule has 1 fully saturated rings. The third-order valence-corrected chi connectivity index (χ3v) is 4.61. The lowest BCUT2D eigenvalue weighted by Gasteiger charge is -2.33. The Hall–Kier alpha value is -2.56. The maximum Gasteiger partial charge on any atom is 0.410 e. The van der Waals surface area contributed by atoms with Crippen LogP contribution >= 0.6 is 0 Å². The van der Waals surface area contributed by atoms with E-state index >= 15 is 0 Å². The maximum atomic E-state index is 12.2. The van der Waals surface area contributed by atoms with Gasteiger partial charge in [0.25, 0.3) is 0 Å². The highest BCUT2D eigenvalue weighted by Crippen LogP contribution is 2.29. The van der Waals surface area contributed by atoms with Crippen LogP contribution in [0.25, 0.3) is 0 Å². The van der Waals surface area contributed by atoms with E-state index in [0.29, 0.717) is 31.5 Å². The van der Waals surface area contributed by atoms with E-state index in [0.717, 1.165) is 18.4 Å². The van der Waals surface area contributed by atoms with Crippen LogP contribution in [0.5, 0.6) is 5.88 Å².